The number of aliphatic hydroxyl groups excluding tert-OH is 1. The first-order valence-corrected chi connectivity index (χ1v) is 15.1. The number of amides is 2. The zero-order valence-corrected chi connectivity index (χ0v) is 24.7. The largest absolute Gasteiger partial charge is 0.461 e. The Balaban J connectivity index is 1.58. The number of aliphatic hydroxyl groups is 1. The highest BCUT2D eigenvalue weighted by molar-refractivity contribution is 8.02. The van der Waals surface area contributed by atoms with E-state index in [1.807, 2.05) is 38.1 Å². The maximum atomic E-state index is 14.8. The molecule has 1 aromatic carbocycles. The zero-order valence-electron chi connectivity index (χ0n) is 23.9. The Labute approximate surface area is 244 Å². The minimum Gasteiger partial charge on any atom is -0.461 e. The van der Waals surface area contributed by atoms with E-state index in [1.54, 1.807) is 32.3 Å². The minimum absolute atomic E-state index is 0.00923. The fourth-order valence-electron chi connectivity index (χ4n) is 7.19. The number of aromatic nitrogens is 3. The van der Waals surface area contributed by atoms with E-state index in [-0.39, 0.29) is 55.3 Å². The topological polar surface area (TPSA) is 118 Å². The van der Waals surface area contributed by atoms with Gasteiger partial charge in [-0.1, -0.05) is 56.8 Å². The second-order valence-corrected chi connectivity index (χ2v) is 13.3. The number of nitrogens with zero attached hydrogens (tertiary/aromatic N) is 5. The third kappa shape index (κ3) is 4.76. The molecule has 2 amide bonds. The van der Waals surface area contributed by atoms with Crippen molar-refractivity contribution in [2.24, 2.45) is 23.7 Å². The molecule has 3 aliphatic heterocycles. The van der Waals surface area contributed by atoms with Crippen LogP contribution in [0, 0.1) is 23.7 Å². The first-order chi connectivity index (χ1) is 19.7. The average Bonchev–Trinajstić information content (AvgIpc) is 3.67. The molecule has 2 bridgehead atoms. The fraction of sp³-hybridized carbons (Fsp3) is 0.567. The standard InChI is InChI=1S/C30H39N5O5S/c1-6-12-33(17-34-22-11-9-8-10-21(22)31-32-34)28(38)26-30-19(5)15-23(41-30)24(29(39)40-13-7-2)25(30)27(37)35(26)20(16-36)14-18(3)4/h6-11,18-20,23-26,36H,1-2,12-17H2,3-5H3/t19?,20-,23+,24-,25+,26?,30?/m1/s1. The molecule has 3 fully saturated rings. The molecule has 7 atom stereocenters. The van der Waals surface area contributed by atoms with E-state index < -0.39 is 34.6 Å². The molecule has 11 heteroatoms. The molecule has 0 aliphatic carbocycles. The van der Waals surface area contributed by atoms with Crippen LogP contribution in [0.2, 0.25) is 0 Å². The molecule has 5 rings (SSSR count). The van der Waals surface area contributed by atoms with Crippen LogP contribution in [0.4, 0.5) is 0 Å². The molecule has 4 heterocycles. The van der Waals surface area contributed by atoms with Gasteiger partial charge in [0.15, 0.2) is 0 Å². The first kappa shape index (κ1) is 29.3. The van der Waals surface area contributed by atoms with E-state index in [1.165, 1.54) is 6.08 Å². The van der Waals surface area contributed by atoms with Gasteiger partial charge in [0.05, 0.1) is 34.7 Å². The Morgan fingerprint density at radius 2 is 2.05 bits per heavy atom. The highest BCUT2D eigenvalue weighted by atomic mass is 32.2. The number of carbonyl (C=O) groups excluding carboxylic acids is 3. The first-order valence-electron chi connectivity index (χ1n) is 14.3. The van der Waals surface area contributed by atoms with Gasteiger partial charge in [0.2, 0.25) is 11.8 Å². The number of rotatable bonds is 12. The Morgan fingerprint density at radius 3 is 2.73 bits per heavy atom. The summed E-state index contributed by atoms with van der Waals surface area (Å²) in [7, 11) is 0. The van der Waals surface area contributed by atoms with Crippen LogP contribution in [0.25, 0.3) is 11.0 Å². The summed E-state index contributed by atoms with van der Waals surface area (Å²) in [6.07, 6.45) is 4.39. The predicted octanol–water partition coefficient (Wildman–Crippen LogP) is 2.88. The van der Waals surface area contributed by atoms with Crippen molar-refractivity contribution in [3.05, 3.63) is 49.6 Å². The van der Waals surface area contributed by atoms with E-state index in [9.17, 15) is 19.5 Å². The van der Waals surface area contributed by atoms with Crippen LogP contribution in [-0.4, -0.2) is 89.5 Å². The summed E-state index contributed by atoms with van der Waals surface area (Å²) in [6.45, 7) is 13.8. The third-order valence-corrected chi connectivity index (χ3v) is 10.8. The fourth-order valence-corrected chi connectivity index (χ4v) is 9.58. The number of carbonyl (C=O) groups is 3. The predicted molar refractivity (Wildman–Crippen MR) is 156 cm³/mol. The lowest BCUT2D eigenvalue weighted by molar-refractivity contribution is -0.154. The highest BCUT2D eigenvalue weighted by Crippen LogP contribution is 2.69. The second kappa shape index (κ2) is 11.6. The molecule has 0 radical (unpaired) electrons. The van der Waals surface area contributed by atoms with E-state index in [0.717, 1.165) is 5.52 Å². The molecular weight excluding hydrogens is 542 g/mol. The van der Waals surface area contributed by atoms with Crippen molar-refractivity contribution in [2.75, 3.05) is 19.8 Å². The van der Waals surface area contributed by atoms with Crippen molar-refractivity contribution in [1.29, 1.82) is 0 Å². The number of para-hydroxylation sites is 1. The smallest absolute Gasteiger partial charge is 0.311 e. The van der Waals surface area contributed by atoms with Gasteiger partial charge >= 0.3 is 5.97 Å². The number of hydrogen-bond donors (Lipinski definition) is 1. The molecule has 41 heavy (non-hydrogen) atoms. The molecule has 1 spiro atoms. The van der Waals surface area contributed by atoms with Gasteiger partial charge in [-0.05, 0) is 36.8 Å². The summed E-state index contributed by atoms with van der Waals surface area (Å²) < 4.78 is 6.32. The number of fused-ring (bicyclic) bond motifs is 2. The van der Waals surface area contributed by atoms with Crippen LogP contribution in [0.1, 0.15) is 33.6 Å². The van der Waals surface area contributed by atoms with Gasteiger partial charge in [-0.25, -0.2) is 4.68 Å². The van der Waals surface area contributed by atoms with Crippen LogP contribution >= 0.6 is 11.8 Å². The van der Waals surface area contributed by atoms with Crippen molar-refractivity contribution >= 4 is 40.6 Å². The Bertz CT molecular complexity index is 1350. The van der Waals surface area contributed by atoms with E-state index in [4.69, 9.17) is 4.74 Å². The quantitative estimate of drug-likeness (QED) is 0.300. The lowest BCUT2D eigenvalue weighted by atomic mass is 9.66. The van der Waals surface area contributed by atoms with Crippen molar-refractivity contribution < 1.29 is 24.2 Å². The molecule has 10 nitrogen and oxygen atoms in total. The molecule has 220 valence electrons. The normalized spacial score (nSPS) is 29.1. The number of hydrogen-bond acceptors (Lipinski definition) is 8. The Kier molecular flexibility index (Phi) is 8.29. The second-order valence-electron chi connectivity index (χ2n) is 11.8. The van der Waals surface area contributed by atoms with Gasteiger partial charge in [-0.2, -0.15) is 0 Å². The number of thioether (sulfide) groups is 1. The zero-order chi connectivity index (χ0) is 29.5. The number of benzene rings is 1. The van der Waals surface area contributed by atoms with E-state index >= 15 is 0 Å². The van der Waals surface area contributed by atoms with Crippen LogP contribution < -0.4 is 0 Å². The van der Waals surface area contributed by atoms with Crippen LogP contribution in [0.5, 0.6) is 0 Å². The van der Waals surface area contributed by atoms with Gasteiger partial charge in [0, 0.05) is 11.8 Å². The highest BCUT2D eigenvalue weighted by Gasteiger charge is 2.77. The van der Waals surface area contributed by atoms with Crippen molar-refractivity contribution in [2.45, 2.75) is 62.4 Å². The summed E-state index contributed by atoms with van der Waals surface area (Å²) in [5.74, 6) is -2.14. The lowest BCUT2D eigenvalue weighted by Gasteiger charge is -2.42. The number of likely N-dealkylation sites (tertiary alicyclic amines) is 1. The summed E-state index contributed by atoms with van der Waals surface area (Å²) in [4.78, 5) is 45.8. The summed E-state index contributed by atoms with van der Waals surface area (Å²) in [5.41, 5.74) is 1.50. The lowest BCUT2D eigenvalue weighted by Crippen LogP contribution is -2.59. The van der Waals surface area contributed by atoms with Crippen molar-refractivity contribution in [3.63, 3.8) is 0 Å². The molecule has 2 aromatic rings. The molecule has 3 unspecified atom stereocenters. The molecule has 0 saturated carbocycles. The van der Waals surface area contributed by atoms with Crippen LogP contribution in [0.15, 0.2) is 49.6 Å². The molecular formula is C30H39N5O5S. The SMILES string of the molecule is C=CCOC(=O)[C@@H]1[C@@H]2CC(C)C3(S2)C(C(=O)N(CC=C)Cn2nnc4ccccc42)N([C@@H](CO)CC(C)C)C(=O)[C@H]13. The molecule has 1 N–H and O–H groups in total. The summed E-state index contributed by atoms with van der Waals surface area (Å²) in [5, 5.41) is 18.9. The van der Waals surface area contributed by atoms with E-state index in [2.05, 4.69) is 30.4 Å². The van der Waals surface area contributed by atoms with Crippen LogP contribution in [0.3, 0.4) is 0 Å². The molecule has 3 aliphatic rings. The monoisotopic (exact) mass is 581 g/mol. The summed E-state index contributed by atoms with van der Waals surface area (Å²) in [6, 6.07) is 6.09. The maximum absolute atomic E-state index is 14.8. The molecule has 3 saturated heterocycles. The Morgan fingerprint density at radius 1 is 1.29 bits per heavy atom. The number of ether oxygens (including phenoxy) is 1. The number of esters is 1. The van der Waals surface area contributed by atoms with Crippen LogP contribution in [-0.2, 0) is 25.8 Å². The minimum atomic E-state index is -0.868. The van der Waals surface area contributed by atoms with Gasteiger partial charge in [0.1, 0.15) is 24.8 Å². The summed E-state index contributed by atoms with van der Waals surface area (Å²) >= 11 is 1.59. The van der Waals surface area contributed by atoms with Crippen molar-refractivity contribution in [1.82, 2.24) is 24.8 Å². The average molecular weight is 582 g/mol. The third-order valence-electron chi connectivity index (χ3n) is 8.77. The van der Waals surface area contributed by atoms with Crippen molar-refractivity contribution in [3.8, 4) is 0 Å². The molecule has 1 aromatic heterocycles. The maximum Gasteiger partial charge on any atom is 0.311 e. The Hall–Kier alpha value is -3.18. The van der Waals surface area contributed by atoms with Gasteiger partial charge in [-0.3, -0.25) is 14.4 Å². The van der Waals surface area contributed by atoms with Gasteiger partial charge in [-0.15, -0.1) is 23.4 Å². The van der Waals surface area contributed by atoms with E-state index in [0.29, 0.717) is 18.4 Å². The van der Waals surface area contributed by atoms with Gasteiger partial charge < -0.3 is 19.6 Å². The van der Waals surface area contributed by atoms with Gasteiger partial charge in [0.25, 0.3) is 0 Å².